The first-order valence-electron chi connectivity index (χ1n) is 9.31. The van der Waals surface area contributed by atoms with E-state index in [-0.39, 0.29) is 18.9 Å². The van der Waals surface area contributed by atoms with E-state index in [4.69, 9.17) is 4.74 Å². The van der Waals surface area contributed by atoms with Crippen LogP contribution in [0, 0.1) is 0 Å². The summed E-state index contributed by atoms with van der Waals surface area (Å²) in [7, 11) is 0. The number of carbonyl (C=O) groups is 1. The zero-order chi connectivity index (χ0) is 19.8. The lowest BCUT2D eigenvalue weighted by Crippen LogP contribution is -2.32. The van der Waals surface area contributed by atoms with Crippen LogP contribution >= 0.6 is 0 Å². The summed E-state index contributed by atoms with van der Waals surface area (Å²) in [5, 5.41) is 3.28. The quantitative estimate of drug-likeness (QED) is 0.555. The Labute approximate surface area is 162 Å². The van der Waals surface area contributed by atoms with Crippen molar-refractivity contribution >= 4 is 16.8 Å². The molecule has 0 aliphatic heterocycles. The van der Waals surface area contributed by atoms with Gasteiger partial charge in [0.15, 0.2) is 0 Å². The molecule has 1 amide bonds. The van der Waals surface area contributed by atoms with E-state index >= 15 is 0 Å². The van der Waals surface area contributed by atoms with Crippen molar-refractivity contribution < 1.29 is 9.53 Å². The molecule has 2 N–H and O–H groups in total. The van der Waals surface area contributed by atoms with E-state index < -0.39 is 11.2 Å². The fourth-order valence-electron chi connectivity index (χ4n) is 2.93. The number of H-pyrrole nitrogens is 1. The first-order chi connectivity index (χ1) is 13.6. The monoisotopic (exact) mass is 381 g/mol. The zero-order valence-corrected chi connectivity index (χ0v) is 15.5. The molecule has 3 rings (SSSR count). The summed E-state index contributed by atoms with van der Waals surface area (Å²) in [5.41, 5.74) is -0.393. The predicted molar refractivity (Wildman–Crippen MR) is 108 cm³/mol. The van der Waals surface area contributed by atoms with Crippen molar-refractivity contribution in [1.29, 1.82) is 0 Å². The van der Waals surface area contributed by atoms with Crippen LogP contribution in [0.15, 0.2) is 64.2 Å². The minimum Gasteiger partial charge on any atom is -0.494 e. The van der Waals surface area contributed by atoms with Gasteiger partial charge in [-0.05, 0) is 37.1 Å². The lowest BCUT2D eigenvalue weighted by atomic mass is 10.2. The number of ether oxygens (including phenoxy) is 1. The number of rotatable bonds is 9. The Morgan fingerprint density at radius 1 is 1.00 bits per heavy atom. The molecule has 0 radical (unpaired) electrons. The number of nitrogens with zero attached hydrogens (tertiary/aromatic N) is 1. The van der Waals surface area contributed by atoms with Gasteiger partial charge < -0.3 is 10.1 Å². The van der Waals surface area contributed by atoms with E-state index in [2.05, 4.69) is 10.3 Å². The summed E-state index contributed by atoms with van der Waals surface area (Å²) >= 11 is 0. The molecule has 7 heteroatoms. The van der Waals surface area contributed by atoms with Crippen molar-refractivity contribution in [2.24, 2.45) is 0 Å². The van der Waals surface area contributed by atoms with Crippen LogP contribution in [0.25, 0.3) is 10.9 Å². The second-order valence-corrected chi connectivity index (χ2v) is 6.40. The van der Waals surface area contributed by atoms with Gasteiger partial charge in [-0.1, -0.05) is 30.3 Å². The van der Waals surface area contributed by atoms with Gasteiger partial charge in [0.25, 0.3) is 5.56 Å². The normalized spacial score (nSPS) is 10.7. The van der Waals surface area contributed by atoms with Crippen molar-refractivity contribution in [2.75, 3.05) is 13.2 Å². The van der Waals surface area contributed by atoms with Crippen molar-refractivity contribution in [3.8, 4) is 5.75 Å². The van der Waals surface area contributed by atoms with Crippen LogP contribution in [-0.2, 0) is 11.3 Å². The average Bonchev–Trinajstić information content (AvgIpc) is 2.71. The maximum Gasteiger partial charge on any atom is 0.328 e. The third kappa shape index (κ3) is 5.09. The SMILES string of the molecule is O=C(CCn1c(=O)[nH]c(=O)c2ccccc21)NCCCCOc1ccccc1. The molecule has 0 fully saturated rings. The molecular weight excluding hydrogens is 358 g/mol. The molecule has 2 aromatic carbocycles. The maximum atomic E-state index is 12.1. The summed E-state index contributed by atoms with van der Waals surface area (Å²) in [5.74, 6) is 0.705. The highest BCUT2D eigenvalue weighted by molar-refractivity contribution is 5.78. The number of aromatic amines is 1. The molecule has 0 unspecified atom stereocenters. The lowest BCUT2D eigenvalue weighted by molar-refractivity contribution is -0.121. The lowest BCUT2D eigenvalue weighted by Gasteiger charge is -2.10. The Morgan fingerprint density at radius 2 is 1.75 bits per heavy atom. The fourth-order valence-corrected chi connectivity index (χ4v) is 2.93. The number of benzene rings is 2. The van der Waals surface area contributed by atoms with E-state index in [1.165, 1.54) is 4.57 Å². The topological polar surface area (TPSA) is 93.2 Å². The first kappa shape index (κ1) is 19.4. The van der Waals surface area contributed by atoms with E-state index in [1.54, 1.807) is 24.3 Å². The summed E-state index contributed by atoms with van der Waals surface area (Å²) in [6.45, 7) is 1.36. The summed E-state index contributed by atoms with van der Waals surface area (Å²) in [4.78, 5) is 38.3. The van der Waals surface area contributed by atoms with E-state index in [9.17, 15) is 14.4 Å². The van der Waals surface area contributed by atoms with Crippen LogP contribution in [0.5, 0.6) is 5.75 Å². The number of hydrogen-bond acceptors (Lipinski definition) is 4. The van der Waals surface area contributed by atoms with Gasteiger partial charge in [0.2, 0.25) is 5.91 Å². The van der Waals surface area contributed by atoms with E-state index in [1.807, 2.05) is 30.3 Å². The van der Waals surface area contributed by atoms with Gasteiger partial charge in [-0.2, -0.15) is 0 Å². The Hall–Kier alpha value is -3.35. The number of aromatic nitrogens is 2. The molecule has 0 aliphatic rings. The van der Waals surface area contributed by atoms with Crippen LogP contribution in [0.3, 0.4) is 0 Å². The highest BCUT2D eigenvalue weighted by Gasteiger charge is 2.08. The summed E-state index contributed by atoms with van der Waals surface area (Å²) < 4.78 is 7.02. The number of carbonyl (C=O) groups excluding carboxylic acids is 1. The second kappa shape index (κ2) is 9.55. The maximum absolute atomic E-state index is 12.1. The molecule has 7 nitrogen and oxygen atoms in total. The minimum absolute atomic E-state index is 0.133. The van der Waals surface area contributed by atoms with Crippen LogP contribution in [0.4, 0.5) is 0 Å². The number of amides is 1. The number of para-hydroxylation sites is 2. The highest BCUT2D eigenvalue weighted by Crippen LogP contribution is 2.09. The van der Waals surface area contributed by atoms with Gasteiger partial charge in [0, 0.05) is 19.5 Å². The smallest absolute Gasteiger partial charge is 0.328 e. The summed E-state index contributed by atoms with van der Waals surface area (Å²) in [6.07, 6.45) is 1.80. The van der Waals surface area contributed by atoms with Gasteiger partial charge in [-0.3, -0.25) is 19.1 Å². The molecule has 0 atom stereocenters. The Bertz CT molecular complexity index is 1040. The molecule has 0 saturated heterocycles. The van der Waals surface area contributed by atoms with E-state index in [0.29, 0.717) is 24.1 Å². The van der Waals surface area contributed by atoms with Gasteiger partial charge >= 0.3 is 5.69 Å². The molecule has 1 heterocycles. The van der Waals surface area contributed by atoms with E-state index in [0.717, 1.165) is 18.6 Å². The molecule has 0 saturated carbocycles. The van der Waals surface area contributed by atoms with Gasteiger partial charge in [-0.25, -0.2) is 4.79 Å². The largest absolute Gasteiger partial charge is 0.494 e. The van der Waals surface area contributed by atoms with Gasteiger partial charge in [-0.15, -0.1) is 0 Å². The van der Waals surface area contributed by atoms with Crippen LogP contribution in [0.1, 0.15) is 19.3 Å². The molecular formula is C21H23N3O4. The highest BCUT2D eigenvalue weighted by atomic mass is 16.5. The molecule has 3 aromatic rings. The van der Waals surface area contributed by atoms with Crippen molar-refractivity contribution in [1.82, 2.24) is 14.9 Å². The molecule has 0 aliphatic carbocycles. The third-order valence-electron chi connectivity index (χ3n) is 4.37. The van der Waals surface area contributed by atoms with Crippen LogP contribution in [-0.4, -0.2) is 28.6 Å². The van der Waals surface area contributed by atoms with Crippen molar-refractivity contribution in [3.63, 3.8) is 0 Å². The number of fused-ring (bicyclic) bond motifs is 1. The Morgan fingerprint density at radius 3 is 2.57 bits per heavy atom. The molecule has 1 aromatic heterocycles. The molecule has 146 valence electrons. The fraction of sp³-hybridized carbons (Fsp3) is 0.286. The second-order valence-electron chi connectivity index (χ2n) is 6.40. The number of unbranched alkanes of at least 4 members (excludes halogenated alkanes) is 1. The van der Waals surface area contributed by atoms with Gasteiger partial charge in [0.05, 0.1) is 17.5 Å². The first-order valence-corrected chi connectivity index (χ1v) is 9.31. The summed E-state index contributed by atoms with van der Waals surface area (Å²) in [6, 6.07) is 16.5. The Kier molecular flexibility index (Phi) is 6.62. The Balaban J connectivity index is 1.42. The number of hydrogen-bond donors (Lipinski definition) is 2. The predicted octanol–water partition coefficient (Wildman–Crippen LogP) is 2.06. The minimum atomic E-state index is -0.505. The van der Waals surface area contributed by atoms with Crippen molar-refractivity contribution in [3.05, 3.63) is 75.4 Å². The number of aryl methyl sites for hydroxylation is 1. The van der Waals surface area contributed by atoms with Crippen LogP contribution < -0.4 is 21.3 Å². The average molecular weight is 381 g/mol. The number of nitrogens with one attached hydrogen (secondary N) is 2. The zero-order valence-electron chi connectivity index (χ0n) is 15.5. The van der Waals surface area contributed by atoms with Crippen LogP contribution in [0.2, 0.25) is 0 Å². The standard InChI is InChI=1S/C21H23N3O4/c25-19(22-13-6-7-15-28-16-8-2-1-3-9-16)12-14-24-18-11-5-4-10-17(18)20(26)23-21(24)27/h1-5,8-11H,6-7,12-15H2,(H,22,25)(H,23,26,27). The third-order valence-corrected chi connectivity index (χ3v) is 4.37. The molecule has 0 spiro atoms. The molecule has 28 heavy (non-hydrogen) atoms. The molecule has 0 bridgehead atoms. The van der Waals surface area contributed by atoms with Gasteiger partial charge in [0.1, 0.15) is 5.75 Å². The van der Waals surface area contributed by atoms with Crippen molar-refractivity contribution in [2.45, 2.75) is 25.8 Å².